The van der Waals surface area contributed by atoms with E-state index in [0.717, 1.165) is 67.1 Å². The van der Waals surface area contributed by atoms with Crippen molar-refractivity contribution in [1.29, 1.82) is 0 Å². The Morgan fingerprint density at radius 3 is 1.75 bits per heavy atom. The summed E-state index contributed by atoms with van der Waals surface area (Å²) in [6.07, 6.45) is 1.83. The minimum absolute atomic E-state index is 0. The van der Waals surface area contributed by atoms with Gasteiger partial charge in [-0.15, -0.1) is 29.1 Å². The van der Waals surface area contributed by atoms with Crippen LogP contribution in [0.25, 0.3) is 61.0 Å². The van der Waals surface area contributed by atoms with Gasteiger partial charge in [0.15, 0.2) is 0 Å². The Morgan fingerprint density at radius 1 is 0.550 bits per heavy atom. The first-order valence-electron chi connectivity index (χ1n) is 29.2. The van der Waals surface area contributed by atoms with Gasteiger partial charge in [-0.05, 0) is 125 Å². The summed E-state index contributed by atoms with van der Waals surface area (Å²) in [5.74, 6) is 0.266. The van der Waals surface area contributed by atoms with Crippen LogP contribution in [0, 0.1) is 23.8 Å². The predicted molar refractivity (Wildman–Crippen MR) is 324 cm³/mol. The maximum absolute atomic E-state index is 15.7. The SMILES string of the molecule is [2H]c1c([2H])c(C(C)(C)C)c([2H])c([2H])c1-c1cc(Oc2[c-]c3c(cc2)c2ccccc2n3-c2cc(C(C)(C)C)ccn2)[c-]c([N+]2=C=[N+](c3c(-c4cc(F)cc(F)c4)cc(C(C)(C)C)cc3-c3cc(C(C)C)cc(C(C)C)c3)c3ccccc32)c1.[Pt+2]. The molecule has 0 saturated carbocycles. The second-order valence-corrected chi connectivity index (χ2v) is 24.6. The van der Waals surface area contributed by atoms with Crippen molar-refractivity contribution in [2.45, 2.75) is 118 Å². The zero-order chi connectivity index (χ0) is 59.4. The summed E-state index contributed by atoms with van der Waals surface area (Å²) in [5.41, 5.74) is 10.7. The van der Waals surface area contributed by atoms with Gasteiger partial charge >= 0.3 is 27.1 Å². The number of fused-ring (bicyclic) bond motifs is 4. The van der Waals surface area contributed by atoms with Crippen LogP contribution in [0.1, 0.15) is 135 Å². The van der Waals surface area contributed by atoms with E-state index < -0.39 is 17.0 Å². The predicted octanol–water partition coefficient (Wildman–Crippen LogP) is 19.8. The molecule has 10 aromatic rings. The molecule has 0 unspecified atom stereocenters. The van der Waals surface area contributed by atoms with Crippen molar-refractivity contribution in [2.24, 2.45) is 0 Å². The summed E-state index contributed by atoms with van der Waals surface area (Å²) >= 11 is 0. The summed E-state index contributed by atoms with van der Waals surface area (Å²) in [5, 5.41) is 1.96. The first-order valence-corrected chi connectivity index (χ1v) is 27.2. The number of pyridine rings is 1. The molecule has 0 spiro atoms. The number of aromatic nitrogens is 2. The van der Waals surface area contributed by atoms with E-state index in [9.17, 15) is 5.48 Å². The van der Waals surface area contributed by atoms with Crippen molar-refractivity contribution in [2.75, 3.05) is 0 Å². The fourth-order valence-corrected chi connectivity index (χ4v) is 10.3. The largest absolute Gasteiger partial charge is 2.00 e. The number of hydrogen-bond acceptors (Lipinski definition) is 2. The number of para-hydroxylation sites is 3. The number of hydrogen-bond donors (Lipinski definition) is 0. The van der Waals surface area contributed by atoms with Crippen LogP contribution >= 0.6 is 0 Å². The summed E-state index contributed by atoms with van der Waals surface area (Å²) in [6.45, 7) is 27.3. The van der Waals surface area contributed by atoms with Crippen LogP contribution in [0.15, 0.2) is 164 Å². The average molecular weight is 1240 g/mol. The number of halogens is 2. The summed E-state index contributed by atoms with van der Waals surface area (Å²) in [6, 6.07) is 52.2. The Kier molecular flexibility index (Phi) is 13.4. The Bertz CT molecular complexity index is 4310. The number of nitrogens with zero attached hydrogens (tertiary/aromatic N) is 4. The molecular weight excluding hydrogens is 1170 g/mol. The third-order valence-corrected chi connectivity index (χ3v) is 14.9. The van der Waals surface area contributed by atoms with Gasteiger partial charge in [-0.3, -0.25) is 0 Å². The van der Waals surface area contributed by atoms with E-state index in [1.807, 2.05) is 96.8 Å². The molecule has 0 radical (unpaired) electrons. The van der Waals surface area contributed by atoms with Gasteiger partial charge in [0.05, 0.1) is 16.6 Å². The van der Waals surface area contributed by atoms with Crippen molar-refractivity contribution >= 4 is 50.6 Å². The molecule has 8 aromatic carbocycles. The minimum Gasteiger partial charge on any atom is -0.509 e. The number of benzene rings is 8. The van der Waals surface area contributed by atoms with Gasteiger partial charge in [0.25, 0.3) is 11.4 Å². The van der Waals surface area contributed by atoms with Crippen LogP contribution in [-0.4, -0.2) is 15.6 Å². The van der Waals surface area contributed by atoms with Crippen molar-refractivity contribution in [3.63, 3.8) is 0 Å². The van der Waals surface area contributed by atoms with Crippen LogP contribution in [-0.2, 0) is 37.3 Å². The molecule has 8 heteroatoms. The third-order valence-electron chi connectivity index (χ3n) is 14.9. The molecule has 0 fully saturated rings. The second-order valence-electron chi connectivity index (χ2n) is 24.6. The first kappa shape index (κ1) is 50.6. The molecule has 3 heterocycles. The zero-order valence-corrected chi connectivity index (χ0v) is 50.0. The van der Waals surface area contributed by atoms with Crippen LogP contribution in [0.2, 0.25) is 0 Å². The summed E-state index contributed by atoms with van der Waals surface area (Å²) in [7, 11) is 0. The fourth-order valence-electron chi connectivity index (χ4n) is 10.3. The third kappa shape index (κ3) is 10.8. The Morgan fingerprint density at radius 2 is 1.14 bits per heavy atom. The number of ether oxygens (including phenoxy) is 1. The van der Waals surface area contributed by atoms with Gasteiger partial charge in [0, 0.05) is 41.4 Å². The Hall–Kier alpha value is -7.56. The van der Waals surface area contributed by atoms with Gasteiger partial charge in [-0.1, -0.05) is 185 Å². The normalized spacial score (nSPS) is 13.5. The number of rotatable bonds is 10. The molecule has 0 N–H and O–H groups in total. The first-order chi connectivity index (χ1) is 39.2. The van der Waals surface area contributed by atoms with Crippen LogP contribution in [0.3, 0.4) is 0 Å². The van der Waals surface area contributed by atoms with E-state index >= 15 is 8.78 Å². The quantitative estimate of drug-likeness (QED) is 0.101. The van der Waals surface area contributed by atoms with Gasteiger partial charge in [-0.25, -0.2) is 13.8 Å². The van der Waals surface area contributed by atoms with E-state index in [2.05, 4.69) is 134 Å². The fraction of sp³-hybridized carbons (Fsp3) is 0.250. The van der Waals surface area contributed by atoms with E-state index in [-0.39, 0.29) is 79.2 Å². The molecule has 80 heavy (non-hydrogen) atoms. The van der Waals surface area contributed by atoms with Crippen LogP contribution < -0.4 is 13.9 Å². The van der Waals surface area contributed by atoms with Crippen LogP contribution in [0.5, 0.6) is 11.5 Å². The van der Waals surface area contributed by atoms with Crippen molar-refractivity contribution in [3.8, 4) is 50.7 Å². The molecule has 0 saturated heterocycles. The maximum Gasteiger partial charge on any atom is 2.00 e. The molecular formula is C72H68F2N4OPt+2. The Labute approximate surface area is 490 Å². The van der Waals surface area contributed by atoms with Gasteiger partial charge in [0.2, 0.25) is 5.69 Å². The second kappa shape index (κ2) is 21.2. The zero-order valence-electron chi connectivity index (χ0n) is 51.7. The molecule has 1 aliphatic heterocycles. The monoisotopic (exact) mass is 1240 g/mol. The minimum atomic E-state index is -0.707. The summed E-state index contributed by atoms with van der Waals surface area (Å²) < 4.78 is 81.9. The van der Waals surface area contributed by atoms with Gasteiger partial charge < -0.3 is 9.30 Å². The van der Waals surface area contributed by atoms with Crippen LogP contribution in [0.4, 0.5) is 31.5 Å². The maximum atomic E-state index is 15.7. The van der Waals surface area contributed by atoms with E-state index in [4.69, 9.17) is 9.72 Å². The molecule has 0 atom stereocenters. The Balaban J connectivity index is 0.00000786. The van der Waals surface area contributed by atoms with E-state index in [1.165, 1.54) is 12.1 Å². The van der Waals surface area contributed by atoms with E-state index in [1.54, 1.807) is 12.1 Å². The van der Waals surface area contributed by atoms with Gasteiger partial charge in [0.1, 0.15) is 23.1 Å². The standard InChI is InChI=1S/C72H68F2N4O.Pt/c1-44(2)47-30-48(45(3)4)32-50(31-47)62-37-54(72(11,12)13)38-63(51-33-55(73)40-56(74)34-51)69(62)77-43-76(65-20-16-17-21-66(65)77)57-35-49(46-22-24-52(25-23-46)70(5,6)7)36-59(41-57)79-58-26-27-61-60-18-14-15-19-64(60)78(67(61)42-58)68-39-53(28-29-75-68)71(8,9)10;/h14-40,44-45H,1-13H3;/q;+2/i22D,23D,24D,25D;. The smallest absolute Gasteiger partial charge is 0.509 e. The molecule has 1 aliphatic rings. The van der Waals surface area contributed by atoms with Crippen molar-refractivity contribution in [3.05, 3.63) is 215 Å². The molecule has 5 nitrogen and oxygen atoms in total. The molecule has 0 aliphatic carbocycles. The molecule has 404 valence electrons. The van der Waals surface area contributed by atoms with Crippen molar-refractivity contribution in [1.82, 2.24) is 18.7 Å². The summed E-state index contributed by atoms with van der Waals surface area (Å²) in [4.78, 5) is 4.88. The molecule has 0 bridgehead atoms. The molecule has 0 amide bonds. The van der Waals surface area contributed by atoms with Gasteiger partial charge in [-0.2, -0.15) is 6.07 Å². The molecule has 2 aromatic heterocycles. The molecule has 11 rings (SSSR count). The topological polar surface area (TPSA) is 33.1 Å². The average Bonchev–Trinajstić information content (AvgIpc) is 4.14. The van der Waals surface area contributed by atoms with Crippen molar-refractivity contribution < 1.29 is 40.1 Å². The van der Waals surface area contributed by atoms with E-state index in [0.29, 0.717) is 50.8 Å².